The van der Waals surface area contributed by atoms with E-state index < -0.39 is 24.0 Å². The van der Waals surface area contributed by atoms with Crippen LogP contribution in [0, 0.1) is 11.3 Å². The molecule has 1 atom stereocenters. The van der Waals surface area contributed by atoms with Crippen LogP contribution in [0.2, 0.25) is 0 Å². The number of hydrogen-bond donors (Lipinski definition) is 1. The summed E-state index contributed by atoms with van der Waals surface area (Å²) in [6.45, 7) is 1.56. The van der Waals surface area contributed by atoms with Gasteiger partial charge in [-0.3, -0.25) is 4.79 Å². The van der Waals surface area contributed by atoms with Crippen LogP contribution in [0.15, 0.2) is 0 Å². The van der Waals surface area contributed by atoms with Crippen molar-refractivity contribution in [2.45, 2.75) is 45.2 Å². The Hall–Kier alpha value is -0.740. The molecule has 1 saturated carbocycles. The molecule has 88 valence electrons. The summed E-state index contributed by atoms with van der Waals surface area (Å²) in [7, 11) is 0. The summed E-state index contributed by atoms with van der Waals surface area (Å²) in [5, 5.41) is 8.99. The molecule has 1 unspecified atom stereocenters. The molecule has 1 rings (SSSR count). The summed E-state index contributed by atoms with van der Waals surface area (Å²) >= 11 is 0. The van der Waals surface area contributed by atoms with Crippen LogP contribution >= 0.6 is 0 Å². The SMILES string of the molecule is CC(CCCC(F)(F)F)(C(=O)O)C1CC1. The van der Waals surface area contributed by atoms with E-state index in [1.165, 1.54) is 0 Å². The van der Waals surface area contributed by atoms with E-state index in [-0.39, 0.29) is 18.8 Å². The second-order valence-electron chi connectivity index (χ2n) is 4.47. The molecular weight excluding hydrogens is 209 g/mol. The molecule has 5 heteroatoms. The normalized spacial score (nSPS) is 21.1. The first-order valence-corrected chi connectivity index (χ1v) is 5.06. The summed E-state index contributed by atoms with van der Waals surface area (Å²) in [5.74, 6) is -0.893. The number of alkyl halides is 3. The average Bonchev–Trinajstić information content (AvgIpc) is 2.82. The zero-order valence-corrected chi connectivity index (χ0v) is 8.60. The van der Waals surface area contributed by atoms with Gasteiger partial charge in [-0.2, -0.15) is 13.2 Å². The maximum Gasteiger partial charge on any atom is 0.389 e. The Balaban J connectivity index is 2.43. The van der Waals surface area contributed by atoms with Gasteiger partial charge in [-0.25, -0.2) is 0 Å². The number of halogens is 3. The summed E-state index contributed by atoms with van der Waals surface area (Å²) < 4.78 is 35.7. The van der Waals surface area contributed by atoms with Crippen molar-refractivity contribution < 1.29 is 23.1 Å². The van der Waals surface area contributed by atoms with Gasteiger partial charge in [0.15, 0.2) is 0 Å². The van der Waals surface area contributed by atoms with Gasteiger partial charge >= 0.3 is 12.1 Å². The monoisotopic (exact) mass is 224 g/mol. The van der Waals surface area contributed by atoms with Crippen LogP contribution in [0.25, 0.3) is 0 Å². The lowest BCUT2D eigenvalue weighted by Gasteiger charge is -2.24. The minimum atomic E-state index is -4.18. The van der Waals surface area contributed by atoms with Crippen molar-refractivity contribution >= 4 is 5.97 Å². The number of carbonyl (C=O) groups is 1. The van der Waals surface area contributed by atoms with Crippen molar-refractivity contribution in [1.82, 2.24) is 0 Å². The second-order valence-corrected chi connectivity index (χ2v) is 4.47. The second kappa shape index (κ2) is 4.02. The van der Waals surface area contributed by atoms with Crippen LogP contribution in [-0.4, -0.2) is 17.3 Å². The highest BCUT2D eigenvalue weighted by Gasteiger charge is 2.47. The fourth-order valence-corrected chi connectivity index (χ4v) is 1.86. The molecule has 0 aliphatic heterocycles. The van der Waals surface area contributed by atoms with Crippen molar-refractivity contribution in [3.63, 3.8) is 0 Å². The predicted octanol–water partition coefficient (Wildman–Crippen LogP) is 3.22. The first-order chi connectivity index (χ1) is 6.76. The molecule has 0 saturated heterocycles. The van der Waals surface area contributed by atoms with E-state index in [0.717, 1.165) is 12.8 Å². The number of aliphatic carboxylic acids is 1. The third-order valence-electron chi connectivity index (χ3n) is 3.12. The fraction of sp³-hybridized carbons (Fsp3) is 0.900. The topological polar surface area (TPSA) is 37.3 Å². The number of carboxylic acid groups (broad SMARTS) is 1. The third kappa shape index (κ3) is 3.39. The van der Waals surface area contributed by atoms with Gasteiger partial charge in [-0.1, -0.05) is 0 Å². The quantitative estimate of drug-likeness (QED) is 0.778. The maximum atomic E-state index is 11.9. The number of rotatable bonds is 5. The lowest BCUT2D eigenvalue weighted by molar-refractivity contribution is -0.153. The molecule has 0 spiro atoms. The first kappa shape index (κ1) is 12.3. The van der Waals surface area contributed by atoms with E-state index >= 15 is 0 Å². The molecule has 0 aromatic heterocycles. The van der Waals surface area contributed by atoms with Crippen molar-refractivity contribution in [1.29, 1.82) is 0 Å². The zero-order chi connectivity index (χ0) is 11.7. The van der Waals surface area contributed by atoms with Gasteiger partial charge in [0.05, 0.1) is 5.41 Å². The average molecular weight is 224 g/mol. The zero-order valence-electron chi connectivity index (χ0n) is 8.60. The highest BCUT2D eigenvalue weighted by molar-refractivity contribution is 5.75. The van der Waals surface area contributed by atoms with Gasteiger partial charge in [-0.15, -0.1) is 0 Å². The van der Waals surface area contributed by atoms with E-state index in [0.29, 0.717) is 0 Å². The summed E-state index contributed by atoms with van der Waals surface area (Å²) in [6, 6.07) is 0. The Kier molecular flexibility index (Phi) is 3.31. The molecule has 1 fully saturated rings. The summed E-state index contributed by atoms with van der Waals surface area (Å²) in [5.41, 5.74) is -0.953. The van der Waals surface area contributed by atoms with E-state index in [2.05, 4.69) is 0 Å². The molecule has 0 radical (unpaired) electrons. The van der Waals surface area contributed by atoms with Crippen molar-refractivity contribution in [3.8, 4) is 0 Å². The Morgan fingerprint density at radius 1 is 1.33 bits per heavy atom. The molecule has 0 aromatic carbocycles. The van der Waals surface area contributed by atoms with Crippen LogP contribution in [0.4, 0.5) is 13.2 Å². The summed E-state index contributed by atoms with van der Waals surface area (Å²) in [6.07, 6.45) is -3.38. The van der Waals surface area contributed by atoms with Crippen molar-refractivity contribution in [2.75, 3.05) is 0 Å². The minimum absolute atomic E-state index is 0.0724. The van der Waals surface area contributed by atoms with Gasteiger partial charge < -0.3 is 5.11 Å². The number of carboxylic acids is 1. The molecule has 15 heavy (non-hydrogen) atoms. The van der Waals surface area contributed by atoms with Crippen LogP contribution in [0.3, 0.4) is 0 Å². The Bertz CT molecular complexity index is 246. The highest BCUT2D eigenvalue weighted by Crippen LogP contribution is 2.48. The van der Waals surface area contributed by atoms with Crippen LogP contribution < -0.4 is 0 Å². The maximum absolute atomic E-state index is 11.9. The minimum Gasteiger partial charge on any atom is -0.481 e. The van der Waals surface area contributed by atoms with Crippen LogP contribution in [0.5, 0.6) is 0 Å². The van der Waals surface area contributed by atoms with E-state index in [1.807, 2.05) is 0 Å². The van der Waals surface area contributed by atoms with Crippen LogP contribution in [0.1, 0.15) is 39.0 Å². The van der Waals surface area contributed by atoms with Crippen molar-refractivity contribution in [2.24, 2.45) is 11.3 Å². The molecule has 1 N–H and O–H groups in total. The smallest absolute Gasteiger partial charge is 0.389 e. The van der Waals surface area contributed by atoms with Gasteiger partial charge in [0, 0.05) is 6.42 Å². The number of hydrogen-bond acceptors (Lipinski definition) is 1. The largest absolute Gasteiger partial charge is 0.481 e. The van der Waals surface area contributed by atoms with Crippen LogP contribution in [-0.2, 0) is 4.79 Å². The first-order valence-electron chi connectivity index (χ1n) is 5.06. The van der Waals surface area contributed by atoms with Gasteiger partial charge in [-0.05, 0) is 38.5 Å². The van der Waals surface area contributed by atoms with Gasteiger partial charge in [0.2, 0.25) is 0 Å². The molecule has 1 aliphatic carbocycles. The molecule has 2 nitrogen and oxygen atoms in total. The lowest BCUT2D eigenvalue weighted by Crippen LogP contribution is -2.30. The Morgan fingerprint density at radius 3 is 2.20 bits per heavy atom. The summed E-state index contributed by atoms with van der Waals surface area (Å²) in [4.78, 5) is 11.0. The predicted molar refractivity (Wildman–Crippen MR) is 48.4 cm³/mol. The van der Waals surface area contributed by atoms with E-state index in [9.17, 15) is 18.0 Å². The van der Waals surface area contributed by atoms with Gasteiger partial charge in [0.1, 0.15) is 0 Å². The van der Waals surface area contributed by atoms with E-state index in [1.54, 1.807) is 6.92 Å². The van der Waals surface area contributed by atoms with Gasteiger partial charge in [0.25, 0.3) is 0 Å². The standard InChI is InChI=1S/C10H15F3O2/c1-9(8(14)15,7-3-4-7)5-2-6-10(11,12)13/h7H,2-6H2,1H3,(H,14,15). The molecular formula is C10H15F3O2. The molecule has 0 amide bonds. The Morgan fingerprint density at radius 2 is 1.87 bits per heavy atom. The lowest BCUT2D eigenvalue weighted by atomic mass is 9.80. The van der Waals surface area contributed by atoms with E-state index in [4.69, 9.17) is 5.11 Å². The van der Waals surface area contributed by atoms with Crippen molar-refractivity contribution in [3.05, 3.63) is 0 Å². The molecule has 0 heterocycles. The molecule has 0 bridgehead atoms. The highest BCUT2D eigenvalue weighted by atomic mass is 19.4. The third-order valence-corrected chi connectivity index (χ3v) is 3.12. The molecule has 1 aliphatic rings. The Labute approximate surface area is 86.5 Å². The fourth-order valence-electron chi connectivity index (χ4n) is 1.86. The molecule has 0 aromatic rings.